The Morgan fingerprint density at radius 1 is 1.52 bits per heavy atom. The first-order valence-electron chi connectivity index (χ1n) is 7.34. The molecular weight excluding hydrogens is 270 g/mol. The van der Waals surface area contributed by atoms with Gasteiger partial charge in [-0.25, -0.2) is 0 Å². The lowest BCUT2D eigenvalue weighted by atomic mass is 10.1. The number of nitro groups is 1. The summed E-state index contributed by atoms with van der Waals surface area (Å²) < 4.78 is 5.60. The average Bonchev–Trinajstić information content (AvgIpc) is 2.79. The molecular formula is C15H23N3O3. The molecule has 2 N–H and O–H groups in total. The minimum atomic E-state index is -0.405. The highest BCUT2D eigenvalue weighted by molar-refractivity contribution is 5.60. The van der Waals surface area contributed by atoms with Crippen molar-refractivity contribution in [2.75, 3.05) is 18.0 Å². The maximum Gasteiger partial charge on any atom is 0.311 e. The zero-order valence-corrected chi connectivity index (χ0v) is 12.8. The van der Waals surface area contributed by atoms with Gasteiger partial charge in [0.15, 0.2) is 5.75 Å². The molecule has 1 fully saturated rings. The van der Waals surface area contributed by atoms with Gasteiger partial charge in [0.1, 0.15) is 0 Å². The smallest absolute Gasteiger partial charge is 0.311 e. The lowest BCUT2D eigenvalue weighted by Gasteiger charge is -2.24. The molecule has 116 valence electrons. The Morgan fingerprint density at radius 3 is 2.76 bits per heavy atom. The molecule has 1 saturated heterocycles. The third-order valence-corrected chi connectivity index (χ3v) is 3.83. The van der Waals surface area contributed by atoms with E-state index in [1.165, 1.54) is 6.07 Å². The van der Waals surface area contributed by atoms with Gasteiger partial charge in [-0.2, -0.15) is 0 Å². The average molecular weight is 293 g/mol. The number of nitrogens with zero attached hydrogens (tertiary/aromatic N) is 2. The lowest BCUT2D eigenvalue weighted by Crippen LogP contribution is -2.27. The van der Waals surface area contributed by atoms with Gasteiger partial charge in [0.2, 0.25) is 0 Å². The topological polar surface area (TPSA) is 81.6 Å². The van der Waals surface area contributed by atoms with Crippen LogP contribution in [0.3, 0.4) is 0 Å². The van der Waals surface area contributed by atoms with Crippen molar-refractivity contribution in [3.05, 3.63) is 28.3 Å². The minimum absolute atomic E-state index is 0.00896. The molecule has 1 heterocycles. The van der Waals surface area contributed by atoms with Crippen LogP contribution in [0.2, 0.25) is 0 Å². The first-order chi connectivity index (χ1) is 9.92. The van der Waals surface area contributed by atoms with Crippen LogP contribution >= 0.6 is 0 Å². The van der Waals surface area contributed by atoms with Crippen LogP contribution in [0.15, 0.2) is 18.2 Å². The highest BCUT2D eigenvalue weighted by Gasteiger charge is 2.29. The van der Waals surface area contributed by atoms with Crippen molar-refractivity contribution < 1.29 is 9.66 Å². The van der Waals surface area contributed by atoms with E-state index in [1.807, 2.05) is 13.8 Å². The van der Waals surface area contributed by atoms with Gasteiger partial charge in [0.25, 0.3) is 0 Å². The second-order valence-corrected chi connectivity index (χ2v) is 5.91. The number of hydrogen-bond acceptors (Lipinski definition) is 5. The van der Waals surface area contributed by atoms with E-state index < -0.39 is 4.92 Å². The number of benzene rings is 1. The molecule has 0 radical (unpaired) electrons. The second-order valence-electron chi connectivity index (χ2n) is 5.91. The molecule has 0 aliphatic carbocycles. The van der Waals surface area contributed by atoms with Crippen molar-refractivity contribution in [2.24, 2.45) is 11.7 Å². The molecule has 6 heteroatoms. The van der Waals surface area contributed by atoms with Crippen molar-refractivity contribution in [1.82, 2.24) is 0 Å². The second kappa shape index (κ2) is 6.30. The predicted molar refractivity (Wildman–Crippen MR) is 82.8 cm³/mol. The molecule has 2 atom stereocenters. The number of rotatable bonds is 5. The molecule has 1 aromatic carbocycles. The van der Waals surface area contributed by atoms with Crippen LogP contribution < -0.4 is 15.4 Å². The minimum Gasteiger partial charge on any atom is -0.484 e. The summed E-state index contributed by atoms with van der Waals surface area (Å²) in [7, 11) is 0. The predicted octanol–water partition coefficient (Wildman–Crippen LogP) is 2.56. The molecule has 0 saturated carbocycles. The van der Waals surface area contributed by atoms with Gasteiger partial charge in [0, 0.05) is 30.4 Å². The molecule has 0 spiro atoms. The van der Waals surface area contributed by atoms with E-state index in [9.17, 15) is 10.1 Å². The van der Waals surface area contributed by atoms with Crippen LogP contribution in [0.25, 0.3) is 0 Å². The van der Waals surface area contributed by atoms with E-state index in [0.29, 0.717) is 24.3 Å². The van der Waals surface area contributed by atoms with Crippen LogP contribution in [0.5, 0.6) is 5.75 Å². The maximum absolute atomic E-state index is 11.1. The first kappa shape index (κ1) is 15.6. The summed E-state index contributed by atoms with van der Waals surface area (Å²) in [5, 5.41) is 11.1. The molecule has 0 aromatic heterocycles. The lowest BCUT2D eigenvalue weighted by molar-refractivity contribution is -0.386. The maximum atomic E-state index is 11.1. The molecule has 1 aliphatic heterocycles. The van der Waals surface area contributed by atoms with Crippen molar-refractivity contribution >= 4 is 11.4 Å². The van der Waals surface area contributed by atoms with Crippen LogP contribution in [0, 0.1) is 16.0 Å². The molecule has 0 bridgehead atoms. The summed E-state index contributed by atoms with van der Waals surface area (Å²) in [4.78, 5) is 12.9. The largest absolute Gasteiger partial charge is 0.484 e. The molecule has 0 amide bonds. The fourth-order valence-corrected chi connectivity index (χ4v) is 2.85. The Bertz CT molecular complexity index is 519. The van der Waals surface area contributed by atoms with Gasteiger partial charge < -0.3 is 15.4 Å². The molecule has 1 aliphatic rings. The van der Waals surface area contributed by atoms with E-state index in [4.69, 9.17) is 10.5 Å². The standard InChI is InChI=1S/C15H23N3O3/c1-10(2)21-15-7-13(4-5-14(15)18(19)20)17-9-12(8-16)6-11(17)3/h4-5,7,10-12H,6,8-9,16H2,1-3H3. The zero-order valence-electron chi connectivity index (χ0n) is 12.8. The highest BCUT2D eigenvalue weighted by atomic mass is 16.6. The van der Waals surface area contributed by atoms with Gasteiger partial charge in [-0.05, 0) is 45.7 Å². The Labute approximate surface area is 125 Å². The van der Waals surface area contributed by atoms with Crippen LogP contribution in [0.1, 0.15) is 27.2 Å². The molecule has 2 unspecified atom stereocenters. The van der Waals surface area contributed by atoms with E-state index in [-0.39, 0.29) is 11.8 Å². The Morgan fingerprint density at radius 2 is 2.24 bits per heavy atom. The Hall–Kier alpha value is -1.82. The third kappa shape index (κ3) is 3.44. The summed E-state index contributed by atoms with van der Waals surface area (Å²) in [5.41, 5.74) is 6.72. The van der Waals surface area contributed by atoms with Crippen LogP contribution in [-0.4, -0.2) is 30.2 Å². The van der Waals surface area contributed by atoms with Gasteiger partial charge in [0.05, 0.1) is 11.0 Å². The van der Waals surface area contributed by atoms with E-state index in [2.05, 4.69) is 11.8 Å². The molecule has 21 heavy (non-hydrogen) atoms. The number of nitrogens with two attached hydrogens (primary N) is 1. The first-order valence-corrected chi connectivity index (χ1v) is 7.34. The molecule has 1 aromatic rings. The number of anilines is 1. The van der Waals surface area contributed by atoms with Gasteiger partial charge in [-0.3, -0.25) is 10.1 Å². The van der Waals surface area contributed by atoms with Gasteiger partial charge in [-0.1, -0.05) is 0 Å². The quantitative estimate of drug-likeness (QED) is 0.666. The number of hydrogen-bond donors (Lipinski definition) is 1. The highest BCUT2D eigenvalue weighted by Crippen LogP contribution is 2.36. The van der Waals surface area contributed by atoms with Gasteiger partial charge in [-0.15, -0.1) is 0 Å². The van der Waals surface area contributed by atoms with Gasteiger partial charge >= 0.3 is 5.69 Å². The van der Waals surface area contributed by atoms with Crippen LogP contribution in [0.4, 0.5) is 11.4 Å². The summed E-state index contributed by atoms with van der Waals surface area (Å²) in [5.74, 6) is 0.806. The Balaban J connectivity index is 2.31. The monoisotopic (exact) mass is 293 g/mol. The molecule has 2 rings (SSSR count). The van der Waals surface area contributed by atoms with Crippen molar-refractivity contribution in [3.8, 4) is 5.75 Å². The van der Waals surface area contributed by atoms with E-state index >= 15 is 0 Å². The number of nitro benzene ring substituents is 1. The van der Waals surface area contributed by atoms with Crippen molar-refractivity contribution in [1.29, 1.82) is 0 Å². The van der Waals surface area contributed by atoms with E-state index in [0.717, 1.165) is 18.7 Å². The summed E-state index contributed by atoms with van der Waals surface area (Å²) in [6.45, 7) is 7.43. The fraction of sp³-hybridized carbons (Fsp3) is 0.600. The van der Waals surface area contributed by atoms with Crippen molar-refractivity contribution in [2.45, 2.75) is 39.3 Å². The number of ether oxygens (including phenoxy) is 1. The summed E-state index contributed by atoms with van der Waals surface area (Å²) >= 11 is 0. The van der Waals surface area contributed by atoms with Crippen molar-refractivity contribution in [3.63, 3.8) is 0 Å². The van der Waals surface area contributed by atoms with E-state index in [1.54, 1.807) is 12.1 Å². The third-order valence-electron chi connectivity index (χ3n) is 3.83. The normalized spacial score (nSPS) is 21.9. The summed E-state index contributed by atoms with van der Waals surface area (Å²) in [6, 6.07) is 5.47. The zero-order chi connectivity index (χ0) is 15.6. The van der Waals surface area contributed by atoms with Crippen LogP contribution in [-0.2, 0) is 0 Å². The SMILES string of the molecule is CC(C)Oc1cc(N2CC(CN)CC2C)ccc1[N+](=O)[O-]. The Kier molecular flexibility index (Phi) is 4.67. The summed E-state index contributed by atoms with van der Waals surface area (Å²) in [6.07, 6.45) is 0.945. The molecule has 6 nitrogen and oxygen atoms in total. The fourth-order valence-electron chi connectivity index (χ4n) is 2.85.